The monoisotopic (exact) mass is 413 g/mol. The lowest BCUT2D eigenvalue weighted by atomic mass is 9.87. The summed E-state index contributed by atoms with van der Waals surface area (Å²) < 4.78 is 0. The van der Waals surface area contributed by atoms with E-state index in [-0.39, 0.29) is 17.2 Å². The standard InChI is InChI=1S/C26H27N3O2/c1-26(2,3)21-13-10-19(11-14-21)12-15-24(30)29-22-9-6-7-20(17-22)25(31)28-18-23-8-4-5-16-27-23/h4-17H,18H2,1-3H3,(H,28,31)(H,29,30)/b15-12+. The van der Waals surface area contributed by atoms with Gasteiger partial charge in [-0.25, -0.2) is 0 Å². The second kappa shape index (κ2) is 9.85. The fraction of sp³-hybridized carbons (Fsp3) is 0.192. The van der Waals surface area contributed by atoms with E-state index in [1.165, 1.54) is 11.6 Å². The van der Waals surface area contributed by atoms with Gasteiger partial charge in [0.2, 0.25) is 5.91 Å². The second-order valence-corrected chi connectivity index (χ2v) is 8.28. The van der Waals surface area contributed by atoms with Gasteiger partial charge in [-0.15, -0.1) is 0 Å². The number of rotatable bonds is 6. The molecule has 0 saturated heterocycles. The van der Waals surface area contributed by atoms with E-state index in [9.17, 15) is 9.59 Å². The van der Waals surface area contributed by atoms with Crippen LogP contribution in [0.4, 0.5) is 5.69 Å². The molecule has 5 heteroatoms. The van der Waals surface area contributed by atoms with Gasteiger partial charge >= 0.3 is 0 Å². The SMILES string of the molecule is CC(C)(C)c1ccc(/C=C/C(=O)Nc2cccc(C(=O)NCc3ccccn3)c2)cc1. The van der Waals surface area contributed by atoms with Crippen LogP contribution in [0.3, 0.4) is 0 Å². The number of amides is 2. The fourth-order valence-corrected chi connectivity index (χ4v) is 2.96. The Kier molecular flexibility index (Phi) is 6.98. The minimum absolute atomic E-state index is 0.0918. The van der Waals surface area contributed by atoms with Crippen LogP contribution in [0.25, 0.3) is 6.08 Å². The summed E-state index contributed by atoms with van der Waals surface area (Å²) in [6.07, 6.45) is 4.94. The first-order valence-electron chi connectivity index (χ1n) is 10.2. The Morgan fingerprint density at radius 2 is 1.74 bits per heavy atom. The molecule has 0 radical (unpaired) electrons. The Morgan fingerprint density at radius 3 is 2.42 bits per heavy atom. The predicted molar refractivity (Wildman–Crippen MR) is 125 cm³/mol. The second-order valence-electron chi connectivity index (χ2n) is 8.28. The van der Waals surface area contributed by atoms with Gasteiger partial charge in [0.15, 0.2) is 0 Å². The first-order valence-corrected chi connectivity index (χ1v) is 10.2. The summed E-state index contributed by atoms with van der Waals surface area (Å²) >= 11 is 0. The number of carbonyl (C=O) groups is 2. The van der Waals surface area contributed by atoms with E-state index in [0.717, 1.165) is 11.3 Å². The fourth-order valence-electron chi connectivity index (χ4n) is 2.96. The molecule has 0 atom stereocenters. The van der Waals surface area contributed by atoms with E-state index in [4.69, 9.17) is 0 Å². The van der Waals surface area contributed by atoms with Crippen molar-refractivity contribution in [3.05, 3.63) is 101 Å². The zero-order valence-corrected chi connectivity index (χ0v) is 18.1. The summed E-state index contributed by atoms with van der Waals surface area (Å²) in [5.74, 6) is -0.484. The van der Waals surface area contributed by atoms with Gasteiger partial charge < -0.3 is 10.6 Å². The molecule has 2 N–H and O–H groups in total. The highest BCUT2D eigenvalue weighted by Gasteiger charge is 2.12. The lowest BCUT2D eigenvalue weighted by Gasteiger charge is -2.18. The third-order valence-electron chi connectivity index (χ3n) is 4.75. The van der Waals surface area contributed by atoms with E-state index in [0.29, 0.717) is 17.8 Å². The molecule has 2 aromatic carbocycles. The van der Waals surface area contributed by atoms with Crippen molar-refractivity contribution in [2.24, 2.45) is 0 Å². The first-order chi connectivity index (χ1) is 14.8. The maximum atomic E-state index is 12.4. The molecule has 158 valence electrons. The highest BCUT2D eigenvalue weighted by molar-refractivity contribution is 6.03. The van der Waals surface area contributed by atoms with Gasteiger partial charge in [-0.3, -0.25) is 14.6 Å². The topological polar surface area (TPSA) is 71.1 Å². The zero-order valence-electron chi connectivity index (χ0n) is 18.1. The van der Waals surface area contributed by atoms with Crippen molar-refractivity contribution in [2.45, 2.75) is 32.7 Å². The van der Waals surface area contributed by atoms with Crippen LogP contribution in [0, 0.1) is 0 Å². The van der Waals surface area contributed by atoms with E-state index in [1.807, 2.05) is 30.3 Å². The van der Waals surface area contributed by atoms with Crippen molar-refractivity contribution in [1.29, 1.82) is 0 Å². The number of pyridine rings is 1. The summed E-state index contributed by atoms with van der Waals surface area (Å²) in [6, 6.07) is 20.5. The largest absolute Gasteiger partial charge is 0.346 e. The van der Waals surface area contributed by atoms with Gasteiger partial charge in [0.1, 0.15) is 0 Å². The Morgan fingerprint density at radius 1 is 0.968 bits per heavy atom. The number of aromatic nitrogens is 1. The van der Waals surface area contributed by atoms with Crippen molar-refractivity contribution in [3.8, 4) is 0 Å². The van der Waals surface area contributed by atoms with Gasteiger partial charge in [0.05, 0.1) is 12.2 Å². The minimum Gasteiger partial charge on any atom is -0.346 e. The average Bonchev–Trinajstić information content (AvgIpc) is 2.76. The lowest BCUT2D eigenvalue weighted by Crippen LogP contribution is -2.23. The Bertz CT molecular complexity index is 1070. The Hall–Kier alpha value is -3.73. The number of hydrogen-bond donors (Lipinski definition) is 2. The first kappa shape index (κ1) is 22.0. The molecular formula is C26H27N3O2. The molecule has 0 fully saturated rings. The summed E-state index contributed by atoms with van der Waals surface area (Å²) in [7, 11) is 0. The predicted octanol–water partition coefficient (Wildman–Crippen LogP) is 4.96. The van der Waals surface area contributed by atoms with Gasteiger partial charge in [-0.2, -0.15) is 0 Å². The van der Waals surface area contributed by atoms with Crippen LogP contribution in [0.2, 0.25) is 0 Å². The van der Waals surface area contributed by atoms with E-state index in [2.05, 4.69) is 48.5 Å². The van der Waals surface area contributed by atoms with E-state index < -0.39 is 0 Å². The Labute approximate surface area is 183 Å². The number of carbonyl (C=O) groups excluding carboxylic acids is 2. The third-order valence-corrected chi connectivity index (χ3v) is 4.75. The van der Waals surface area contributed by atoms with Crippen molar-refractivity contribution < 1.29 is 9.59 Å². The van der Waals surface area contributed by atoms with Crippen LogP contribution in [-0.2, 0) is 16.8 Å². The van der Waals surface area contributed by atoms with Gasteiger partial charge in [-0.1, -0.05) is 57.2 Å². The lowest BCUT2D eigenvalue weighted by molar-refractivity contribution is -0.111. The molecule has 3 aromatic rings. The number of benzene rings is 2. The van der Waals surface area contributed by atoms with E-state index >= 15 is 0 Å². The van der Waals surface area contributed by atoms with Crippen LogP contribution in [0.15, 0.2) is 79.0 Å². The molecule has 0 saturated carbocycles. The quantitative estimate of drug-likeness (QED) is 0.561. The van der Waals surface area contributed by atoms with Crippen LogP contribution < -0.4 is 10.6 Å². The van der Waals surface area contributed by atoms with Crippen molar-refractivity contribution in [1.82, 2.24) is 10.3 Å². The average molecular weight is 414 g/mol. The van der Waals surface area contributed by atoms with E-state index in [1.54, 1.807) is 36.5 Å². The molecule has 0 bridgehead atoms. The highest BCUT2D eigenvalue weighted by Crippen LogP contribution is 2.22. The molecule has 31 heavy (non-hydrogen) atoms. The van der Waals surface area contributed by atoms with Crippen molar-refractivity contribution >= 4 is 23.6 Å². The summed E-state index contributed by atoms with van der Waals surface area (Å²) in [6.45, 7) is 6.84. The number of nitrogens with one attached hydrogen (secondary N) is 2. The Balaban J connectivity index is 1.57. The van der Waals surface area contributed by atoms with Crippen LogP contribution in [0.1, 0.15) is 48.0 Å². The molecule has 1 heterocycles. The molecule has 2 amide bonds. The molecular weight excluding hydrogens is 386 g/mol. The molecule has 0 unspecified atom stereocenters. The van der Waals surface area contributed by atoms with Crippen molar-refractivity contribution in [3.63, 3.8) is 0 Å². The molecule has 0 spiro atoms. The molecule has 0 aliphatic rings. The maximum Gasteiger partial charge on any atom is 0.251 e. The third kappa shape index (κ3) is 6.64. The van der Waals surface area contributed by atoms with Gasteiger partial charge in [0, 0.05) is 23.5 Å². The van der Waals surface area contributed by atoms with Crippen LogP contribution in [-0.4, -0.2) is 16.8 Å². The van der Waals surface area contributed by atoms with Crippen LogP contribution >= 0.6 is 0 Å². The number of hydrogen-bond acceptors (Lipinski definition) is 3. The number of anilines is 1. The van der Waals surface area contributed by atoms with Gasteiger partial charge in [-0.05, 0) is 52.9 Å². The maximum absolute atomic E-state index is 12.4. The molecule has 3 rings (SSSR count). The van der Waals surface area contributed by atoms with Gasteiger partial charge in [0.25, 0.3) is 5.91 Å². The zero-order chi connectivity index (χ0) is 22.3. The van der Waals surface area contributed by atoms with Crippen LogP contribution in [0.5, 0.6) is 0 Å². The summed E-state index contributed by atoms with van der Waals surface area (Å²) in [4.78, 5) is 28.9. The molecule has 5 nitrogen and oxygen atoms in total. The number of nitrogens with zero attached hydrogens (tertiary/aromatic N) is 1. The summed E-state index contributed by atoms with van der Waals surface area (Å²) in [5.41, 5.74) is 4.09. The molecule has 1 aromatic heterocycles. The molecule has 0 aliphatic heterocycles. The highest BCUT2D eigenvalue weighted by atomic mass is 16.2. The normalized spacial score (nSPS) is 11.3. The van der Waals surface area contributed by atoms with Crippen molar-refractivity contribution in [2.75, 3.05) is 5.32 Å². The summed E-state index contributed by atoms with van der Waals surface area (Å²) in [5, 5.41) is 5.63. The minimum atomic E-state index is -0.258. The molecule has 0 aliphatic carbocycles. The smallest absolute Gasteiger partial charge is 0.251 e.